The van der Waals surface area contributed by atoms with Gasteiger partial charge in [-0.15, -0.1) is 0 Å². The van der Waals surface area contributed by atoms with Crippen LogP contribution in [0.25, 0.3) is 0 Å². The van der Waals surface area contributed by atoms with E-state index in [1.54, 1.807) is 0 Å². The van der Waals surface area contributed by atoms with E-state index in [0.717, 1.165) is 12.5 Å². The van der Waals surface area contributed by atoms with Crippen LogP contribution >= 0.6 is 0 Å². The topological polar surface area (TPSA) is 3.24 Å². The third kappa shape index (κ3) is 4.95. The molecule has 0 N–H and O–H groups in total. The van der Waals surface area contributed by atoms with Crippen LogP contribution in [-0.4, -0.2) is 11.9 Å². The molecule has 1 nitrogen and oxygen atoms in total. The highest BCUT2D eigenvalue weighted by Crippen LogP contribution is 2.33. The van der Waals surface area contributed by atoms with E-state index in [9.17, 15) is 0 Å². The lowest BCUT2D eigenvalue weighted by Gasteiger charge is -2.31. The molecule has 1 radical (unpaired) electrons. The zero-order valence-electron chi connectivity index (χ0n) is 15.0. The predicted molar refractivity (Wildman–Crippen MR) is 102 cm³/mol. The van der Waals surface area contributed by atoms with Gasteiger partial charge in [-0.25, -0.2) is 0 Å². The Balaban J connectivity index is 1.67. The van der Waals surface area contributed by atoms with Gasteiger partial charge in [-0.2, -0.15) is 0 Å². The first-order valence-electron chi connectivity index (χ1n) is 9.53. The highest BCUT2D eigenvalue weighted by atomic mass is 15.1. The van der Waals surface area contributed by atoms with Crippen LogP contribution in [0.3, 0.4) is 0 Å². The molecule has 1 heteroatoms. The second-order valence-electron chi connectivity index (χ2n) is 7.33. The summed E-state index contributed by atoms with van der Waals surface area (Å²) in [5.41, 5.74) is 2.80. The molecule has 0 aromatic heterocycles. The van der Waals surface area contributed by atoms with E-state index in [1.165, 1.54) is 56.1 Å². The molecule has 0 bridgehead atoms. The molecule has 1 atom stereocenters. The van der Waals surface area contributed by atoms with Gasteiger partial charge in [0, 0.05) is 12.6 Å². The van der Waals surface area contributed by atoms with Crippen molar-refractivity contribution in [1.29, 1.82) is 0 Å². The van der Waals surface area contributed by atoms with Gasteiger partial charge in [0.2, 0.25) is 0 Å². The maximum absolute atomic E-state index is 3.20. The Kier molecular flexibility index (Phi) is 6.48. The summed E-state index contributed by atoms with van der Waals surface area (Å²) in [5, 5.41) is 0. The zero-order chi connectivity index (χ0) is 16.6. The van der Waals surface area contributed by atoms with Crippen molar-refractivity contribution < 1.29 is 0 Å². The third-order valence-electron chi connectivity index (χ3n) is 5.49. The van der Waals surface area contributed by atoms with Gasteiger partial charge in [0.15, 0.2) is 0 Å². The van der Waals surface area contributed by atoms with Gasteiger partial charge in [0.25, 0.3) is 0 Å². The quantitative estimate of drug-likeness (QED) is 0.603. The molecule has 1 aliphatic rings. The van der Waals surface area contributed by atoms with E-state index in [-0.39, 0.29) is 0 Å². The second-order valence-corrected chi connectivity index (χ2v) is 7.33. The number of benzene rings is 2. The fraction of sp³-hybridized carbons (Fsp3) is 0.478. The normalized spacial score (nSPS) is 17.1. The number of rotatable bonds is 7. The lowest BCUT2D eigenvalue weighted by atomic mass is 9.84. The molecule has 0 saturated heterocycles. The maximum atomic E-state index is 3.20. The van der Waals surface area contributed by atoms with Crippen LogP contribution in [0.4, 0.5) is 0 Å². The molecule has 0 aliphatic heterocycles. The minimum Gasteiger partial charge on any atom is -0.295 e. The first-order valence-corrected chi connectivity index (χ1v) is 9.53. The summed E-state index contributed by atoms with van der Waals surface area (Å²) in [7, 11) is 2.27. The number of hydrogen-bond donors (Lipinski definition) is 0. The molecule has 3 rings (SSSR count). The van der Waals surface area contributed by atoms with Gasteiger partial charge in [0.1, 0.15) is 0 Å². The van der Waals surface area contributed by atoms with Crippen LogP contribution in [0, 0.1) is 12.0 Å². The van der Waals surface area contributed by atoms with Gasteiger partial charge in [-0.05, 0) is 49.1 Å². The van der Waals surface area contributed by atoms with E-state index < -0.39 is 0 Å². The van der Waals surface area contributed by atoms with Crippen LogP contribution in [-0.2, 0) is 6.54 Å². The highest BCUT2D eigenvalue weighted by Gasteiger charge is 2.20. The Morgan fingerprint density at radius 2 is 1.83 bits per heavy atom. The standard InChI is InChI=1S/C23H30N/c1-24(19-21-13-7-3-8-14-21)23(22-15-9-4-10-16-22)18-17-20-11-5-2-6-12-20/h3-4,7,9-10,13-16,20,23H,2,5-6,11-12,17-19H2,1H3. The molecule has 1 aliphatic carbocycles. The lowest BCUT2D eigenvalue weighted by Crippen LogP contribution is -2.25. The van der Waals surface area contributed by atoms with Crippen molar-refractivity contribution in [2.45, 2.75) is 57.5 Å². The van der Waals surface area contributed by atoms with Gasteiger partial charge in [-0.1, -0.05) is 80.6 Å². The van der Waals surface area contributed by atoms with Gasteiger partial charge >= 0.3 is 0 Å². The van der Waals surface area contributed by atoms with Crippen molar-refractivity contribution >= 4 is 0 Å². The van der Waals surface area contributed by atoms with E-state index >= 15 is 0 Å². The van der Waals surface area contributed by atoms with E-state index in [2.05, 4.69) is 66.5 Å². The Labute approximate surface area is 147 Å². The molecule has 2 aromatic carbocycles. The fourth-order valence-corrected chi connectivity index (χ4v) is 4.11. The van der Waals surface area contributed by atoms with Crippen molar-refractivity contribution in [2.24, 2.45) is 5.92 Å². The minimum absolute atomic E-state index is 0.508. The Hall–Kier alpha value is -1.60. The Morgan fingerprint density at radius 3 is 2.54 bits per heavy atom. The first kappa shape index (κ1) is 17.2. The fourth-order valence-electron chi connectivity index (χ4n) is 4.11. The number of nitrogens with zero attached hydrogens (tertiary/aromatic N) is 1. The summed E-state index contributed by atoms with van der Waals surface area (Å²) < 4.78 is 0. The summed E-state index contributed by atoms with van der Waals surface area (Å²) in [6.45, 7) is 0.988. The summed E-state index contributed by atoms with van der Waals surface area (Å²) >= 11 is 0. The average molecular weight is 320 g/mol. The van der Waals surface area contributed by atoms with Crippen LogP contribution in [0.15, 0.2) is 54.6 Å². The van der Waals surface area contributed by atoms with Crippen molar-refractivity contribution in [3.63, 3.8) is 0 Å². The van der Waals surface area contributed by atoms with E-state index in [1.807, 2.05) is 6.07 Å². The molecule has 127 valence electrons. The van der Waals surface area contributed by atoms with Crippen molar-refractivity contribution in [2.75, 3.05) is 7.05 Å². The summed E-state index contributed by atoms with van der Waals surface area (Å²) in [6.07, 6.45) is 9.85. The molecule has 0 heterocycles. The summed E-state index contributed by atoms with van der Waals surface area (Å²) in [6, 6.07) is 23.1. The van der Waals surface area contributed by atoms with Gasteiger partial charge < -0.3 is 0 Å². The summed E-state index contributed by atoms with van der Waals surface area (Å²) in [5.74, 6) is 0.948. The van der Waals surface area contributed by atoms with Gasteiger partial charge in [-0.3, -0.25) is 4.90 Å². The average Bonchev–Trinajstić information content (AvgIpc) is 2.64. The van der Waals surface area contributed by atoms with E-state index in [0.29, 0.717) is 6.04 Å². The SMILES string of the molecule is CN(Cc1c[c]ccc1)C(CCC1CCCCC1)c1ccccc1. The van der Waals surface area contributed by atoms with Crippen LogP contribution in [0.5, 0.6) is 0 Å². The molecule has 1 saturated carbocycles. The molecule has 2 aromatic rings. The van der Waals surface area contributed by atoms with Crippen LogP contribution in [0.2, 0.25) is 0 Å². The predicted octanol–water partition coefficient (Wildman–Crippen LogP) is 6.02. The number of hydrogen-bond acceptors (Lipinski definition) is 1. The molecular weight excluding hydrogens is 290 g/mol. The monoisotopic (exact) mass is 320 g/mol. The lowest BCUT2D eigenvalue weighted by molar-refractivity contribution is 0.203. The Bertz CT molecular complexity index is 571. The smallest absolute Gasteiger partial charge is 0.0348 e. The Morgan fingerprint density at radius 1 is 1.04 bits per heavy atom. The van der Waals surface area contributed by atoms with Crippen molar-refractivity contribution in [3.05, 3.63) is 71.8 Å². The van der Waals surface area contributed by atoms with Crippen molar-refractivity contribution in [3.8, 4) is 0 Å². The molecule has 1 fully saturated rings. The molecular formula is C23H30N. The zero-order valence-corrected chi connectivity index (χ0v) is 15.0. The van der Waals surface area contributed by atoms with Crippen LogP contribution in [0.1, 0.15) is 62.1 Å². The molecule has 24 heavy (non-hydrogen) atoms. The third-order valence-corrected chi connectivity index (χ3v) is 5.49. The highest BCUT2D eigenvalue weighted by molar-refractivity contribution is 5.20. The molecule has 1 unspecified atom stereocenters. The largest absolute Gasteiger partial charge is 0.295 e. The maximum Gasteiger partial charge on any atom is 0.0348 e. The van der Waals surface area contributed by atoms with E-state index in [4.69, 9.17) is 0 Å². The van der Waals surface area contributed by atoms with Crippen LogP contribution < -0.4 is 0 Å². The van der Waals surface area contributed by atoms with Gasteiger partial charge in [0.05, 0.1) is 0 Å². The molecule has 0 amide bonds. The second kappa shape index (κ2) is 9.03. The minimum atomic E-state index is 0.508. The van der Waals surface area contributed by atoms with Crippen molar-refractivity contribution in [1.82, 2.24) is 4.90 Å². The molecule has 0 spiro atoms. The summed E-state index contributed by atoms with van der Waals surface area (Å²) in [4.78, 5) is 2.52. The first-order chi connectivity index (χ1) is 11.8.